The van der Waals surface area contributed by atoms with E-state index in [9.17, 15) is 8.42 Å². The van der Waals surface area contributed by atoms with Crippen molar-refractivity contribution < 1.29 is 13.5 Å². The van der Waals surface area contributed by atoms with E-state index in [4.69, 9.17) is 5.11 Å². The Bertz CT molecular complexity index is 335. The highest BCUT2D eigenvalue weighted by Crippen LogP contribution is 2.30. The second-order valence-electron chi connectivity index (χ2n) is 5.04. The lowest BCUT2D eigenvalue weighted by atomic mass is 10.0. The summed E-state index contributed by atoms with van der Waals surface area (Å²) in [7, 11) is -3.18. The largest absolute Gasteiger partial charge is 0.395 e. The van der Waals surface area contributed by atoms with Gasteiger partial charge in [-0.25, -0.2) is 8.42 Å². The first kappa shape index (κ1) is 13.3. The molecule has 5 nitrogen and oxygen atoms in total. The van der Waals surface area contributed by atoms with Gasteiger partial charge in [0.1, 0.15) is 0 Å². The molecule has 0 aromatic carbocycles. The smallest absolute Gasteiger partial charge is 0.214 e. The molecule has 0 aromatic heterocycles. The van der Waals surface area contributed by atoms with Gasteiger partial charge in [-0.1, -0.05) is 0 Å². The Balaban J connectivity index is 1.95. The zero-order chi connectivity index (χ0) is 12.3. The Morgan fingerprint density at radius 3 is 2.35 bits per heavy atom. The van der Waals surface area contributed by atoms with Gasteiger partial charge in [0.05, 0.1) is 12.4 Å². The quantitative estimate of drug-likeness (QED) is 0.694. The second kappa shape index (κ2) is 5.65. The van der Waals surface area contributed by atoms with Crippen LogP contribution in [-0.2, 0) is 10.0 Å². The van der Waals surface area contributed by atoms with E-state index in [0.717, 1.165) is 38.8 Å². The summed E-state index contributed by atoms with van der Waals surface area (Å²) in [4.78, 5) is 0. The maximum absolute atomic E-state index is 12.3. The topological polar surface area (TPSA) is 69.6 Å². The van der Waals surface area contributed by atoms with Gasteiger partial charge in [-0.3, -0.25) is 0 Å². The molecule has 17 heavy (non-hydrogen) atoms. The first-order chi connectivity index (χ1) is 8.13. The molecule has 6 heteroatoms. The molecule has 1 aliphatic heterocycles. The molecule has 1 heterocycles. The van der Waals surface area contributed by atoms with E-state index >= 15 is 0 Å². The number of nitrogens with one attached hydrogen (secondary N) is 1. The van der Waals surface area contributed by atoms with Crippen molar-refractivity contribution in [3.63, 3.8) is 0 Å². The van der Waals surface area contributed by atoms with Crippen molar-refractivity contribution in [2.24, 2.45) is 5.92 Å². The Kier molecular flexibility index (Phi) is 4.41. The summed E-state index contributed by atoms with van der Waals surface area (Å²) in [6.45, 7) is 2.02. The van der Waals surface area contributed by atoms with Crippen LogP contribution < -0.4 is 5.32 Å². The normalized spacial score (nSPS) is 23.2. The summed E-state index contributed by atoms with van der Waals surface area (Å²) in [5.41, 5.74) is 0. The average molecular weight is 262 g/mol. The van der Waals surface area contributed by atoms with Gasteiger partial charge in [-0.05, 0) is 44.7 Å². The van der Waals surface area contributed by atoms with Crippen LogP contribution in [0.2, 0.25) is 0 Å². The predicted octanol–water partition coefficient (Wildman–Crippen LogP) is -0.227. The summed E-state index contributed by atoms with van der Waals surface area (Å²) >= 11 is 0. The van der Waals surface area contributed by atoms with Gasteiger partial charge in [0.15, 0.2) is 0 Å². The Morgan fingerprint density at radius 2 is 1.82 bits per heavy atom. The van der Waals surface area contributed by atoms with Gasteiger partial charge in [-0.2, -0.15) is 4.31 Å². The highest BCUT2D eigenvalue weighted by atomic mass is 32.2. The van der Waals surface area contributed by atoms with Crippen molar-refractivity contribution in [2.45, 2.75) is 31.7 Å². The number of aliphatic hydroxyl groups excluding tert-OH is 1. The predicted molar refractivity (Wildman–Crippen MR) is 66.2 cm³/mol. The minimum absolute atomic E-state index is 0.0814. The van der Waals surface area contributed by atoms with Crippen LogP contribution in [0.5, 0.6) is 0 Å². The molecule has 0 bridgehead atoms. The van der Waals surface area contributed by atoms with E-state index in [-0.39, 0.29) is 30.9 Å². The molecule has 2 rings (SSSR count). The van der Waals surface area contributed by atoms with Crippen LogP contribution in [0.1, 0.15) is 25.7 Å². The maximum atomic E-state index is 12.3. The van der Waals surface area contributed by atoms with Crippen LogP contribution in [0, 0.1) is 5.92 Å². The standard InChI is InChI=1S/C11H22N2O3S/c14-8-7-13(11-1-2-11)17(15,16)9-10-3-5-12-6-4-10/h10-12,14H,1-9H2. The van der Waals surface area contributed by atoms with Gasteiger partial charge in [0.25, 0.3) is 0 Å². The fourth-order valence-electron chi connectivity index (χ4n) is 2.45. The molecule has 0 radical (unpaired) electrons. The maximum Gasteiger partial charge on any atom is 0.214 e. The highest BCUT2D eigenvalue weighted by molar-refractivity contribution is 7.89. The van der Waals surface area contributed by atoms with Crippen molar-refractivity contribution in [3.8, 4) is 0 Å². The van der Waals surface area contributed by atoms with Crippen LogP contribution in [0.15, 0.2) is 0 Å². The summed E-state index contributed by atoms with van der Waals surface area (Å²) < 4.78 is 26.1. The molecule has 1 saturated heterocycles. The third-order valence-electron chi connectivity index (χ3n) is 3.54. The molecule has 0 unspecified atom stereocenters. The SMILES string of the molecule is O=S(=O)(CC1CCNCC1)N(CCO)C1CC1. The number of piperidine rings is 1. The van der Waals surface area contributed by atoms with Crippen molar-refractivity contribution in [1.29, 1.82) is 0 Å². The molecular weight excluding hydrogens is 240 g/mol. The van der Waals surface area contributed by atoms with E-state index in [1.807, 2.05) is 0 Å². The lowest BCUT2D eigenvalue weighted by Crippen LogP contribution is -2.40. The van der Waals surface area contributed by atoms with E-state index in [2.05, 4.69) is 5.32 Å². The van der Waals surface area contributed by atoms with E-state index in [0.29, 0.717) is 0 Å². The molecular formula is C11H22N2O3S. The molecule has 1 aliphatic carbocycles. The first-order valence-corrected chi connectivity index (χ1v) is 8.05. The summed E-state index contributed by atoms with van der Waals surface area (Å²) in [5.74, 6) is 0.534. The molecule has 0 aromatic rings. The zero-order valence-corrected chi connectivity index (χ0v) is 11.0. The number of rotatable bonds is 6. The fraction of sp³-hybridized carbons (Fsp3) is 1.00. The fourth-order valence-corrected chi connectivity index (χ4v) is 4.60. The molecule has 2 fully saturated rings. The lowest BCUT2D eigenvalue weighted by molar-refractivity contribution is 0.249. The minimum atomic E-state index is -3.18. The van der Waals surface area contributed by atoms with Gasteiger partial charge < -0.3 is 10.4 Å². The Labute approximate surface area is 103 Å². The molecule has 0 spiro atoms. The molecule has 2 N–H and O–H groups in total. The number of hydrogen-bond acceptors (Lipinski definition) is 4. The van der Waals surface area contributed by atoms with E-state index < -0.39 is 10.0 Å². The van der Waals surface area contributed by atoms with E-state index in [1.165, 1.54) is 4.31 Å². The van der Waals surface area contributed by atoms with Crippen molar-refractivity contribution in [1.82, 2.24) is 9.62 Å². The second-order valence-corrected chi connectivity index (χ2v) is 7.00. The van der Waals surface area contributed by atoms with Crippen molar-refractivity contribution in [2.75, 3.05) is 32.0 Å². The molecule has 0 amide bonds. The van der Waals surface area contributed by atoms with Crippen molar-refractivity contribution >= 4 is 10.0 Å². The summed E-state index contributed by atoms with van der Waals surface area (Å²) in [5, 5.41) is 12.2. The van der Waals surface area contributed by atoms with Crippen LogP contribution in [0.3, 0.4) is 0 Å². The summed E-state index contributed by atoms with van der Waals surface area (Å²) in [6.07, 6.45) is 3.78. The minimum Gasteiger partial charge on any atom is -0.395 e. The average Bonchev–Trinajstić information content (AvgIpc) is 3.10. The van der Waals surface area contributed by atoms with E-state index in [1.54, 1.807) is 0 Å². The van der Waals surface area contributed by atoms with Gasteiger partial charge in [0, 0.05) is 12.6 Å². The Hall–Kier alpha value is -0.170. The number of nitrogens with zero attached hydrogens (tertiary/aromatic N) is 1. The highest BCUT2D eigenvalue weighted by Gasteiger charge is 2.37. The van der Waals surface area contributed by atoms with Crippen LogP contribution >= 0.6 is 0 Å². The number of sulfonamides is 1. The van der Waals surface area contributed by atoms with Crippen LogP contribution in [-0.4, -0.2) is 55.9 Å². The molecule has 0 atom stereocenters. The zero-order valence-electron chi connectivity index (χ0n) is 10.1. The number of hydrogen-bond donors (Lipinski definition) is 2. The van der Waals surface area contributed by atoms with Gasteiger partial charge in [-0.15, -0.1) is 0 Å². The third kappa shape index (κ3) is 3.64. The molecule has 100 valence electrons. The third-order valence-corrected chi connectivity index (χ3v) is 5.62. The molecule has 1 saturated carbocycles. The lowest BCUT2D eigenvalue weighted by Gasteiger charge is -2.26. The van der Waals surface area contributed by atoms with Crippen LogP contribution in [0.4, 0.5) is 0 Å². The van der Waals surface area contributed by atoms with Crippen LogP contribution in [0.25, 0.3) is 0 Å². The van der Waals surface area contributed by atoms with Gasteiger partial charge in [0.2, 0.25) is 10.0 Å². The summed E-state index contributed by atoms with van der Waals surface area (Å²) in [6, 6.07) is 0.161. The van der Waals surface area contributed by atoms with Crippen molar-refractivity contribution in [3.05, 3.63) is 0 Å². The first-order valence-electron chi connectivity index (χ1n) is 6.44. The molecule has 2 aliphatic rings. The number of aliphatic hydroxyl groups is 1. The Morgan fingerprint density at radius 1 is 1.18 bits per heavy atom. The monoisotopic (exact) mass is 262 g/mol. The van der Waals surface area contributed by atoms with Gasteiger partial charge >= 0.3 is 0 Å².